The van der Waals surface area contributed by atoms with E-state index in [2.05, 4.69) is 0 Å². The Kier molecular flexibility index (Phi) is 3.58. The highest BCUT2D eigenvalue weighted by Crippen LogP contribution is 2.56. The summed E-state index contributed by atoms with van der Waals surface area (Å²) in [5.74, 6) is -2.09. The van der Waals surface area contributed by atoms with Gasteiger partial charge in [0.15, 0.2) is 0 Å². The van der Waals surface area contributed by atoms with Crippen LogP contribution in [0.25, 0.3) is 0 Å². The van der Waals surface area contributed by atoms with E-state index in [4.69, 9.17) is 5.11 Å². The molecule has 1 aliphatic carbocycles. The van der Waals surface area contributed by atoms with E-state index in [1.807, 2.05) is 4.90 Å². The molecule has 1 saturated heterocycles. The third kappa shape index (κ3) is 2.63. The number of likely N-dealkylation sites (tertiary alicyclic amines) is 1. The molecule has 2 fully saturated rings. The molecule has 1 unspecified atom stereocenters. The Morgan fingerprint density at radius 2 is 2.06 bits per heavy atom. The van der Waals surface area contributed by atoms with Gasteiger partial charge in [-0.15, -0.1) is 0 Å². The number of carboxylic acid groups (broad SMARTS) is 1. The van der Waals surface area contributed by atoms with Crippen molar-refractivity contribution in [3.63, 3.8) is 0 Å². The van der Waals surface area contributed by atoms with Crippen molar-refractivity contribution in [2.75, 3.05) is 19.6 Å². The van der Waals surface area contributed by atoms with Crippen LogP contribution in [0.5, 0.6) is 0 Å². The number of halogens is 3. The largest absolute Gasteiger partial charge is 0.481 e. The van der Waals surface area contributed by atoms with Gasteiger partial charge >= 0.3 is 12.1 Å². The molecule has 1 N–H and O–H groups in total. The van der Waals surface area contributed by atoms with Gasteiger partial charge in [0.1, 0.15) is 0 Å². The van der Waals surface area contributed by atoms with Crippen LogP contribution in [0.3, 0.4) is 0 Å². The van der Waals surface area contributed by atoms with Crippen molar-refractivity contribution >= 4 is 5.97 Å². The van der Waals surface area contributed by atoms with Crippen molar-refractivity contribution in [1.29, 1.82) is 0 Å². The maximum Gasteiger partial charge on any atom is 0.392 e. The van der Waals surface area contributed by atoms with E-state index in [-0.39, 0.29) is 12.8 Å². The van der Waals surface area contributed by atoms with Gasteiger partial charge in [-0.25, -0.2) is 0 Å². The number of carboxylic acids is 1. The molecule has 0 aromatic heterocycles. The molecule has 0 aromatic rings. The molecular formula is C12H18F3NO2. The molecule has 1 aliphatic heterocycles. The molecule has 2 aliphatic rings. The zero-order chi connectivity index (χ0) is 13.4. The predicted octanol–water partition coefficient (Wildman–Crippen LogP) is 2.52. The second-order valence-corrected chi connectivity index (χ2v) is 5.52. The van der Waals surface area contributed by atoms with E-state index in [1.165, 1.54) is 0 Å². The smallest absolute Gasteiger partial charge is 0.392 e. The van der Waals surface area contributed by atoms with E-state index in [0.717, 1.165) is 6.42 Å². The highest BCUT2D eigenvalue weighted by Gasteiger charge is 2.57. The van der Waals surface area contributed by atoms with E-state index in [1.54, 1.807) is 0 Å². The van der Waals surface area contributed by atoms with E-state index in [9.17, 15) is 18.0 Å². The number of alkyl halides is 3. The highest BCUT2D eigenvalue weighted by atomic mass is 19.4. The number of aliphatic carboxylic acids is 1. The number of hydrogen-bond donors (Lipinski definition) is 1. The lowest BCUT2D eigenvalue weighted by molar-refractivity contribution is -0.237. The molecule has 1 spiro atoms. The van der Waals surface area contributed by atoms with Crippen LogP contribution in [0, 0.1) is 11.3 Å². The van der Waals surface area contributed by atoms with Crippen LogP contribution in [0.4, 0.5) is 13.2 Å². The van der Waals surface area contributed by atoms with Gasteiger partial charge < -0.3 is 10.0 Å². The molecule has 0 amide bonds. The van der Waals surface area contributed by atoms with Crippen LogP contribution in [0.2, 0.25) is 0 Å². The summed E-state index contributed by atoms with van der Waals surface area (Å²) in [6, 6.07) is 0. The van der Waals surface area contributed by atoms with Crippen molar-refractivity contribution < 1.29 is 23.1 Å². The van der Waals surface area contributed by atoms with Gasteiger partial charge in [-0.3, -0.25) is 4.79 Å². The van der Waals surface area contributed by atoms with Crippen LogP contribution in [-0.4, -0.2) is 41.8 Å². The minimum absolute atomic E-state index is 0.00671. The van der Waals surface area contributed by atoms with Crippen molar-refractivity contribution in [3.8, 4) is 0 Å². The first-order valence-corrected chi connectivity index (χ1v) is 6.34. The van der Waals surface area contributed by atoms with Crippen LogP contribution >= 0.6 is 0 Å². The number of carbonyl (C=O) groups is 1. The summed E-state index contributed by atoms with van der Waals surface area (Å²) >= 11 is 0. The molecule has 104 valence electrons. The molecule has 3 nitrogen and oxygen atoms in total. The molecule has 18 heavy (non-hydrogen) atoms. The van der Waals surface area contributed by atoms with E-state index < -0.39 is 23.5 Å². The second kappa shape index (κ2) is 4.72. The third-order valence-corrected chi connectivity index (χ3v) is 4.40. The average molecular weight is 265 g/mol. The Balaban J connectivity index is 1.99. The Morgan fingerprint density at radius 3 is 2.50 bits per heavy atom. The highest BCUT2D eigenvalue weighted by molar-refractivity contribution is 5.66. The van der Waals surface area contributed by atoms with Crippen LogP contribution < -0.4 is 0 Å². The van der Waals surface area contributed by atoms with Crippen LogP contribution in [0.15, 0.2) is 0 Å². The van der Waals surface area contributed by atoms with Gasteiger partial charge in [0.25, 0.3) is 0 Å². The first-order chi connectivity index (χ1) is 8.33. The lowest BCUT2D eigenvalue weighted by atomic mass is 9.58. The maximum absolute atomic E-state index is 13.0. The monoisotopic (exact) mass is 265 g/mol. The molecule has 0 bridgehead atoms. The summed E-state index contributed by atoms with van der Waals surface area (Å²) in [4.78, 5) is 12.4. The molecular weight excluding hydrogens is 247 g/mol. The predicted molar refractivity (Wildman–Crippen MR) is 59.1 cm³/mol. The quantitative estimate of drug-likeness (QED) is 0.852. The summed E-state index contributed by atoms with van der Waals surface area (Å²) in [6.07, 6.45) is -1.88. The lowest BCUT2D eigenvalue weighted by Gasteiger charge is -2.54. The Morgan fingerprint density at radius 1 is 1.39 bits per heavy atom. The summed E-state index contributed by atoms with van der Waals surface area (Å²) < 4.78 is 39.0. The molecule has 1 atom stereocenters. The number of piperidine rings is 1. The summed E-state index contributed by atoms with van der Waals surface area (Å²) in [6.45, 7) is 1.13. The maximum atomic E-state index is 13.0. The van der Waals surface area contributed by atoms with Crippen molar-refractivity contribution in [3.05, 3.63) is 0 Å². The van der Waals surface area contributed by atoms with Gasteiger partial charge in [-0.1, -0.05) is 6.42 Å². The Hall–Kier alpha value is -0.780. The molecule has 6 heteroatoms. The first kappa shape index (κ1) is 13.6. The molecule has 1 saturated carbocycles. The average Bonchev–Trinajstić information content (AvgIpc) is 2.22. The standard InChI is InChI=1S/C12H18F3NO2/c13-12(14,15)9-2-6-16(7-3-10(17)18)8-11(9)4-1-5-11/h9H,1-8H2,(H,17,18). The van der Waals surface area contributed by atoms with Crippen LogP contribution in [0.1, 0.15) is 32.1 Å². The zero-order valence-corrected chi connectivity index (χ0v) is 10.2. The number of nitrogens with zero attached hydrogens (tertiary/aromatic N) is 1. The normalized spacial score (nSPS) is 28.1. The molecule has 1 heterocycles. The van der Waals surface area contributed by atoms with Crippen molar-refractivity contribution in [2.45, 2.75) is 38.3 Å². The molecule has 0 aromatic carbocycles. The van der Waals surface area contributed by atoms with Crippen LogP contribution in [-0.2, 0) is 4.79 Å². The van der Waals surface area contributed by atoms with Gasteiger partial charge in [-0.05, 0) is 31.2 Å². The summed E-state index contributed by atoms with van der Waals surface area (Å²) in [5, 5.41) is 8.62. The lowest BCUT2D eigenvalue weighted by Crippen LogP contribution is -2.56. The molecule has 2 rings (SSSR count). The fourth-order valence-electron chi connectivity index (χ4n) is 3.35. The fourth-order valence-corrected chi connectivity index (χ4v) is 3.35. The Bertz CT molecular complexity index is 326. The fraction of sp³-hybridized carbons (Fsp3) is 0.917. The minimum Gasteiger partial charge on any atom is -0.481 e. The number of rotatable bonds is 3. The van der Waals surface area contributed by atoms with E-state index in [0.29, 0.717) is 32.5 Å². The Labute approximate surface area is 104 Å². The zero-order valence-electron chi connectivity index (χ0n) is 10.2. The van der Waals surface area contributed by atoms with Gasteiger partial charge in [0, 0.05) is 13.1 Å². The summed E-state index contributed by atoms with van der Waals surface area (Å²) in [7, 11) is 0. The van der Waals surface area contributed by atoms with Gasteiger partial charge in [0.05, 0.1) is 12.3 Å². The van der Waals surface area contributed by atoms with E-state index >= 15 is 0 Å². The molecule has 0 radical (unpaired) electrons. The summed E-state index contributed by atoms with van der Waals surface area (Å²) in [5.41, 5.74) is -0.630. The minimum atomic E-state index is -4.11. The van der Waals surface area contributed by atoms with Gasteiger partial charge in [-0.2, -0.15) is 13.2 Å². The van der Waals surface area contributed by atoms with Crippen molar-refractivity contribution in [1.82, 2.24) is 4.90 Å². The topological polar surface area (TPSA) is 40.5 Å². The third-order valence-electron chi connectivity index (χ3n) is 4.40. The first-order valence-electron chi connectivity index (χ1n) is 6.34. The van der Waals surface area contributed by atoms with Gasteiger partial charge in [0.2, 0.25) is 0 Å². The SMILES string of the molecule is O=C(O)CCN1CCC(C(F)(F)F)C2(CCC2)C1. The van der Waals surface area contributed by atoms with Crippen molar-refractivity contribution in [2.24, 2.45) is 11.3 Å². The number of hydrogen-bond acceptors (Lipinski definition) is 2. The second-order valence-electron chi connectivity index (χ2n) is 5.52.